The molecule has 166 valence electrons. The van der Waals surface area contributed by atoms with E-state index in [9.17, 15) is 24.0 Å². The van der Waals surface area contributed by atoms with E-state index in [0.717, 1.165) is 0 Å². The Bertz CT molecular complexity index is 1020. The van der Waals surface area contributed by atoms with Crippen molar-refractivity contribution in [2.45, 2.75) is 25.3 Å². The van der Waals surface area contributed by atoms with Gasteiger partial charge >= 0.3 is 11.9 Å². The Labute approximate surface area is 182 Å². The number of carbonyl (C=O) groups excluding carboxylic acids is 3. The molecule has 0 radical (unpaired) electrons. The van der Waals surface area contributed by atoms with Gasteiger partial charge in [-0.05, 0) is 55.0 Å². The maximum Gasteiger partial charge on any atom is 0.326 e. The maximum absolute atomic E-state index is 12.5. The molecule has 2 aromatic carbocycles. The van der Waals surface area contributed by atoms with E-state index in [4.69, 9.17) is 14.9 Å². The minimum atomic E-state index is -1.31. The van der Waals surface area contributed by atoms with Gasteiger partial charge < -0.3 is 20.3 Å². The first-order chi connectivity index (χ1) is 15.3. The fraction of sp³-hybridized carbons (Fsp3) is 0.227. The van der Waals surface area contributed by atoms with Gasteiger partial charge in [0.05, 0.1) is 18.7 Å². The van der Waals surface area contributed by atoms with Crippen molar-refractivity contribution in [3.8, 4) is 5.75 Å². The van der Waals surface area contributed by atoms with E-state index in [1.807, 2.05) is 0 Å². The molecule has 0 aliphatic rings. The molecular formula is C22H20N2O8. The van der Waals surface area contributed by atoms with Crippen molar-refractivity contribution in [1.82, 2.24) is 5.32 Å². The van der Waals surface area contributed by atoms with E-state index in [1.54, 1.807) is 36.4 Å². The van der Waals surface area contributed by atoms with Crippen LogP contribution in [0.1, 0.15) is 35.2 Å². The molecule has 10 nitrogen and oxygen atoms in total. The third-order valence-electron chi connectivity index (χ3n) is 4.30. The Morgan fingerprint density at radius 1 is 0.938 bits per heavy atom. The number of hydrogen-bond acceptors (Lipinski definition) is 7. The first kappa shape index (κ1) is 24.0. The van der Waals surface area contributed by atoms with E-state index in [0.29, 0.717) is 22.6 Å². The number of rotatable bonds is 12. The molecule has 0 aliphatic carbocycles. The second-order valence-electron chi connectivity index (χ2n) is 6.59. The normalized spacial score (nSPS) is 11.0. The summed E-state index contributed by atoms with van der Waals surface area (Å²) in [5.74, 6) is -2.88. The molecule has 0 aliphatic heterocycles. The van der Waals surface area contributed by atoms with Crippen molar-refractivity contribution < 1.29 is 38.9 Å². The summed E-state index contributed by atoms with van der Waals surface area (Å²) in [6.07, 6.45) is 0.688. The maximum atomic E-state index is 12.5. The van der Waals surface area contributed by atoms with E-state index < -0.39 is 23.9 Å². The summed E-state index contributed by atoms with van der Waals surface area (Å²) in [5, 5.41) is 19.9. The molecule has 0 spiro atoms. The molecular weight excluding hydrogens is 420 g/mol. The number of hydrogen-bond donors (Lipinski definition) is 3. The summed E-state index contributed by atoms with van der Waals surface area (Å²) in [6, 6.07) is 11.1. The Morgan fingerprint density at radius 2 is 1.53 bits per heavy atom. The Balaban J connectivity index is 1.85. The van der Waals surface area contributed by atoms with Crippen LogP contribution in [0.5, 0.6) is 5.75 Å². The van der Waals surface area contributed by atoms with Gasteiger partial charge in [-0.1, -0.05) is 0 Å². The number of carbonyl (C=O) groups is 4. The van der Waals surface area contributed by atoms with Crippen LogP contribution >= 0.6 is 0 Å². The van der Waals surface area contributed by atoms with Gasteiger partial charge in [-0.2, -0.15) is 4.99 Å². The smallest absolute Gasteiger partial charge is 0.326 e. The largest absolute Gasteiger partial charge is 0.493 e. The van der Waals surface area contributed by atoms with Crippen LogP contribution in [0.2, 0.25) is 0 Å². The third kappa shape index (κ3) is 7.51. The fourth-order valence-electron chi connectivity index (χ4n) is 2.66. The minimum absolute atomic E-state index is 0.0386. The Kier molecular flexibility index (Phi) is 8.82. The highest BCUT2D eigenvalue weighted by Gasteiger charge is 2.20. The van der Waals surface area contributed by atoms with Crippen molar-refractivity contribution in [3.05, 3.63) is 59.7 Å². The second kappa shape index (κ2) is 11.8. The first-order valence-corrected chi connectivity index (χ1v) is 9.49. The molecule has 1 unspecified atom stereocenters. The summed E-state index contributed by atoms with van der Waals surface area (Å²) in [6.45, 7) is -0.0386. The lowest BCUT2D eigenvalue weighted by Gasteiger charge is -2.13. The van der Waals surface area contributed by atoms with Crippen LogP contribution < -0.4 is 10.1 Å². The molecule has 0 saturated heterocycles. The predicted molar refractivity (Wildman–Crippen MR) is 111 cm³/mol. The Morgan fingerprint density at radius 3 is 2.06 bits per heavy atom. The van der Waals surface area contributed by atoms with Gasteiger partial charge in [0.15, 0.2) is 5.78 Å². The summed E-state index contributed by atoms with van der Waals surface area (Å²) >= 11 is 0. The zero-order valence-electron chi connectivity index (χ0n) is 16.8. The van der Waals surface area contributed by atoms with Crippen molar-refractivity contribution in [1.29, 1.82) is 0 Å². The topological polar surface area (TPSA) is 159 Å². The Hall–Kier alpha value is -4.30. The van der Waals surface area contributed by atoms with Crippen molar-refractivity contribution >= 4 is 35.4 Å². The highest BCUT2D eigenvalue weighted by molar-refractivity contribution is 6.09. The molecule has 2 aromatic rings. The van der Waals surface area contributed by atoms with Gasteiger partial charge in [0.25, 0.3) is 0 Å². The van der Waals surface area contributed by atoms with E-state index >= 15 is 0 Å². The molecule has 3 N–H and O–H groups in total. The molecule has 0 heterocycles. The monoisotopic (exact) mass is 440 g/mol. The van der Waals surface area contributed by atoms with E-state index in [-0.39, 0.29) is 31.7 Å². The molecule has 1 atom stereocenters. The molecule has 32 heavy (non-hydrogen) atoms. The number of amides is 1. The summed E-state index contributed by atoms with van der Waals surface area (Å²) in [7, 11) is 0. The van der Waals surface area contributed by atoms with Crippen LogP contribution in [0.15, 0.2) is 53.5 Å². The lowest BCUT2D eigenvalue weighted by Crippen LogP contribution is -2.41. The third-order valence-corrected chi connectivity index (χ3v) is 4.30. The molecule has 0 aromatic heterocycles. The standard InChI is InChI=1S/C22H20N2O8/c25-13-23-16-5-1-14(2-6-16)21(29)15-3-7-17(8-4-15)32-12-11-19(26)24-18(22(30)31)9-10-20(27)28/h1-8,18H,9-12H2,(H,24,26)(H,27,28)(H,30,31). The zero-order chi connectivity index (χ0) is 23.5. The average molecular weight is 440 g/mol. The molecule has 0 bridgehead atoms. The number of benzene rings is 2. The lowest BCUT2D eigenvalue weighted by molar-refractivity contribution is -0.143. The van der Waals surface area contributed by atoms with Gasteiger partial charge in [-0.25, -0.2) is 9.59 Å². The molecule has 2 rings (SSSR count). The summed E-state index contributed by atoms with van der Waals surface area (Å²) in [4.78, 5) is 59.7. The predicted octanol–water partition coefficient (Wildman–Crippen LogP) is 2.09. The highest BCUT2D eigenvalue weighted by atomic mass is 16.5. The van der Waals surface area contributed by atoms with E-state index in [1.165, 1.54) is 18.2 Å². The van der Waals surface area contributed by atoms with Gasteiger partial charge in [-0.3, -0.25) is 14.4 Å². The number of carboxylic acids is 2. The number of ether oxygens (including phenoxy) is 1. The number of aliphatic carboxylic acids is 2. The van der Waals surface area contributed by atoms with Crippen molar-refractivity contribution in [3.63, 3.8) is 0 Å². The number of ketones is 1. The van der Waals surface area contributed by atoms with Crippen molar-refractivity contribution in [2.24, 2.45) is 4.99 Å². The van der Waals surface area contributed by atoms with Crippen LogP contribution in [-0.2, 0) is 19.2 Å². The molecule has 10 heteroatoms. The molecule has 0 fully saturated rings. The number of isocyanates is 1. The van der Waals surface area contributed by atoms with Crippen LogP contribution in [0.4, 0.5) is 5.69 Å². The summed E-state index contributed by atoms with van der Waals surface area (Å²) in [5.41, 5.74) is 1.21. The van der Waals surface area contributed by atoms with Crippen molar-refractivity contribution in [2.75, 3.05) is 6.61 Å². The number of nitrogens with zero attached hydrogens (tertiary/aromatic N) is 1. The fourth-order valence-corrected chi connectivity index (χ4v) is 2.66. The van der Waals surface area contributed by atoms with Gasteiger partial charge in [0.2, 0.25) is 12.0 Å². The SMILES string of the molecule is O=C=Nc1ccc(C(=O)c2ccc(OCCC(=O)NC(CCC(=O)O)C(=O)O)cc2)cc1. The van der Waals surface area contributed by atoms with Gasteiger partial charge in [0.1, 0.15) is 11.8 Å². The lowest BCUT2D eigenvalue weighted by atomic mass is 10.0. The van der Waals surface area contributed by atoms with Crippen LogP contribution in [-0.4, -0.2) is 52.6 Å². The highest BCUT2D eigenvalue weighted by Crippen LogP contribution is 2.18. The molecule has 0 saturated carbocycles. The first-order valence-electron chi connectivity index (χ1n) is 9.49. The van der Waals surface area contributed by atoms with E-state index in [2.05, 4.69) is 10.3 Å². The summed E-state index contributed by atoms with van der Waals surface area (Å²) < 4.78 is 5.44. The van der Waals surface area contributed by atoms with Gasteiger partial charge in [-0.15, -0.1) is 0 Å². The zero-order valence-corrected chi connectivity index (χ0v) is 16.8. The molecule has 1 amide bonds. The number of carboxylic acid groups (broad SMARTS) is 2. The number of aliphatic imine (C=N–C) groups is 1. The van der Waals surface area contributed by atoms with Gasteiger partial charge in [0, 0.05) is 17.5 Å². The van der Waals surface area contributed by atoms with Crippen LogP contribution in [0.3, 0.4) is 0 Å². The van der Waals surface area contributed by atoms with Crippen LogP contribution in [0.25, 0.3) is 0 Å². The quantitative estimate of drug-likeness (QED) is 0.257. The van der Waals surface area contributed by atoms with Crippen LogP contribution in [0, 0.1) is 0 Å². The number of nitrogens with one attached hydrogen (secondary N) is 1. The minimum Gasteiger partial charge on any atom is -0.493 e. The second-order valence-corrected chi connectivity index (χ2v) is 6.59. The average Bonchev–Trinajstić information content (AvgIpc) is 2.77.